The van der Waals surface area contributed by atoms with E-state index < -0.39 is 5.83 Å². The van der Waals surface area contributed by atoms with Gasteiger partial charge in [-0.05, 0) is 24.3 Å². The molecule has 1 saturated carbocycles. The fraction of sp³-hybridized carbons (Fsp3) is 0.526. The van der Waals surface area contributed by atoms with E-state index in [2.05, 4.69) is 13.2 Å². The number of nitrogens with zero attached hydrogens (tertiary/aromatic N) is 1. The molecule has 4 heteroatoms. The van der Waals surface area contributed by atoms with Gasteiger partial charge in [-0.15, -0.1) is 11.3 Å². The van der Waals surface area contributed by atoms with Gasteiger partial charge in [0.25, 0.3) is 0 Å². The minimum absolute atomic E-state index is 0.189. The first kappa shape index (κ1) is 17.9. The Morgan fingerprint density at radius 2 is 2.09 bits per heavy atom. The van der Waals surface area contributed by atoms with Crippen LogP contribution >= 0.6 is 11.3 Å². The molecular weight excluding hydrogens is 309 g/mol. The molecule has 0 atom stereocenters. The molecule has 1 aromatic rings. The highest BCUT2D eigenvalue weighted by Crippen LogP contribution is 2.34. The van der Waals surface area contributed by atoms with Gasteiger partial charge in [0.2, 0.25) is 0 Å². The molecule has 0 saturated heterocycles. The van der Waals surface area contributed by atoms with Crippen LogP contribution in [0.3, 0.4) is 0 Å². The molecular formula is C19H26FNOS. The van der Waals surface area contributed by atoms with Crippen LogP contribution in [0, 0.1) is 5.92 Å². The van der Waals surface area contributed by atoms with Crippen LogP contribution in [0.1, 0.15) is 62.6 Å². The molecule has 23 heavy (non-hydrogen) atoms. The van der Waals surface area contributed by atoms with E-state index in [1.165, 1.54) is 43.2 Å². The van der Waals surface area contributed by atoms with Crippen molar-refractivity contribution in [2.75, 3.05) is 0 Å². The molecule has 0 aromatic carbocycles. The van der Waals surface area contributed by atoms with Crippen molar-refractivity contribution in [3.8, 4) is 0 Å². The maximum atomic E-state index is 13.1. The predicted octanol–water partition coefficient (Wildman–Crippen LogP) is 6.29. The van der Waals surface area contributed by atoms with E-state index in [-0.39, 0.29) is 5.92 Å². The molecule has 0 radical (unpaired) electrons. The summed E-state index contributed by atoms with van der Waals surface area (Å²) in [7, 11) is 0. The Morgan fingerprint density at radius 1 is 1.39 bits per heavy atom. The molecule has 0 unspecified atom stereocenters. The molecule has 1 fully saturated rings. The summed E-state index contributed by atoms with van der Waals surface area (Å²) < 4.78 is 18.9. The SMILES string of the molecule is C=C(F)/C=C(/OCc1csc(C2CCCCC2)n1)C(=C)C(C)C. The molecule has 1 aromatic heterocycles. The lowest BCUT2D eigenvalue weighted by Gasteiger charge is -2.19. The number of rotatable bonds is 7. The Kier molecular flexibility index (Phi) is 6.58. The van der Waals surface area contributed by atoms with Crippen molar-refractivity contribution in [2.24, 2.45) is 5.92 Å². The standard InChI is InChI=1S/C19H26FNOS/c1-13(2)15(4)18(10-14(3)20)22-11-17-12-23-19(21-17)16-8-6-5-7-9-16/h10,12-13,16H,3-9,11H2,1-2H3/b18-10+. The van der Waals surface area contributed by atoms with Gasteiger partial charge in [0.05, 0.1) is 10.7 Å². The lowest BCUT2D eigenvalue weighted by Crippen LogP contribution is -2.05. The highest BCUT2D eigenvalue weighted by atomic mass is 32.1. The quantitative estimate of drug-likeness (QED) is 0.432. The lowest BCUT2D eigenvalue weighted by atomic mass is 9.90. The molecule has 2 rings (SSSR count). The van der Waals surface area contributed by atoms with E-state index in [1.807, 2.05) is 19.2 Å². The van der Waals surface area contributed by atoms with Crippen molar-refractivity contribution in [1.82, 2.24) is 4.98 Å². The number of ether oxygens (including phenoxy) is 1. The molecule has 1 aliphatic rings. The monoisotopic (exact) mass is 335 g/mol. The lowest BCUT2D eigenvalue weighted by molar-refractivity contribution is 0.199. The Labute approximate surface area is 142 Å². The summed E-state index contributed by atoms with van der Waals surface area (Å²) in [6, 6.07) is 0. The first-order valence-corrected chi connectivity index (χ1v) is 9.17. The zero-order valence-electron chi connectivity index (χ0n) is 14.1. The number of allylic oxidation sites excluding steroid dienone is 3. The third-order valence-corrected chi connectivity index (χ3v) is 5.26. The topological polar surface area (TPSA) is 22.1 Å². The summed E-state index contributed by atoms with van der Waals surface area (Å²) in [6.45, 7) is 11.6. The van der Waals surface area contributed by atoms with E-state index in [0.29, 0.717) is 18.3 Å². The molecule has 0 N–H and O–H groups in total. The van der Waals surface area contributed by atoms with Gasteiger partial charge in [-0.1, -0.05) is 46.3 Å². The van der Waals surface area contributed by atoms with Crippen molar-refractivity contribution in [3.05, 3.63) is 52.5 Å². The van der Waals surface area contributed by atoms with Crippen LogP contribution in [0.4, 0.5) is 4.39 Å². The molecule has 0 amide bonds. The summed E-state index contributed by atoms with van der Waals surface area (Å²) in [6.07, 6.45) is 7.73. The number of aromatic nitrogens is 1. The zero-order valence-corrected chi connectivity index (χ0v) is 14.9. The first-order chi connectivity index (χ1) is 11.0. The van der Waals surface area contributed by atoms with E-state index >= 15 is 0 Å². The van der Waals surface area contributed by atoms with Crippen LogP contribution in [-0.2, 0) is 11.3 Å². The summed E-state index contributed by atoms with van der Waals surface area (Å²) >= 11 is 1.71. The predicted molar refractivity (Wildman–Crippen MR) is 95.0 cm³/mol. The summed E-state index contributed by atoms with van der Waals surface area (Å²) in [5, 5.41) is 3.26. The summed E-state index contributed by atoms with van der Waals surface area (Å²) in [5.41, 5.74) is 1.68. The molecule has 0 aliphatic heterocycles. The Morgan fingerprint density at radius 3 is 2.70 bits per heavy atom. The molecule has 1 aliphatic carbocycles. The van der Waals surface area contributed by atoms with Gasteiger partial charge in [-0.3, -0.25) is 0 Å². The maximum Gasteiger partial charge on any atom is 0.131 e. The number of thiazole rings is 1. The van der Waals surface area contributed by atoms with Gasteiger partial charge in [-0.2, -0.15) is 0 Å². The van der Waals surface area contributed by atoms with E-state index in [0.717, 1.165) is 11.3 Å². The zero-order chi connectivity index (χ0) is 16.8. The summed E-state index contributed by atoms with van der Waals surface area (Å²) in [5.74, 6) is 0.727. The van der Waals surface area contributed by atoms with Gasteiger partial charge in [-0.25, -0.2) is 9.37 Å². The van der Waals surface area contributed by atoms with Crippen molar-refractivity contribution in [2.45, 2.75) is 58.5 Å². The van der Waals surface area contributed by atoms with E-state index in [1.54, 1.807) is 11.3 Å². The first-order valence-electron chi connectivity index (χ1n) is 8.29. The average molecular weight is 335 g/mol. The van der Waals surface area contributed by atoms with Crippen molar-refractivity contribution >= 4 is 11.3 Å². The number of hydrogen-bond donors (Lipinski definition) is 0. The Bertz CT molecular complexity index is 582. The van der Waals surface area contributed by atoms with E-state index in [4.69, 9.17) is 9.72 Å². The van der Waals surface area contributed by atoms with Crippen LogP contribution in [0.5, 0.6) is 0 Å². The van der Waals surface area contributed by atoms with Crippen LogP contribution in [0.25, 0.3) is 0 Å². The van der Waals surface area contributed by atoms with Gasteiger partial charge in [0.1, 0.15) is 18.2 Å². The Balaban J connectivity index is 1.99. The molecule has 0 bridgehead atoms. The minimum atomic E-state index is -0.525. The molecule has 2 nitrogen and oxygen atoms in total. The van der Waals surface area contributed by atoms with Gasteiger partial charge < -0.3 is 4.74 Å². The fourth-order valence-corrected chi connectivity index (χ4v) is 3.71. The third-order valence-electron chi connectivity index (χ3n) is 4.20. The van der Waals surface area contributed by atoms with Crippen molar-refractivity contribution in [1.29, 1.82) is 0 Å². The van der Waals surface area contributed by atoms with Crippen molar-refractivity contribution in [3.63, 3.8) is 0 Å². The molecule has 126 valence electrons. The average Bonchev–Trinajstić information content (AvgIpc) is 3.00. The highest BCUT2D eigenvalue weighted by molar-refractivity contribution is 7.09. The molecule has 1 heterocycles. The number of hydrogen-bond acceptors (Lipinski definition) is 3. The van der Waals surface area contributed by atoms with Crippen LogP contribution in [-0.4, -0.2) is 4.98 Å². The van der Waals surface area contributed by atoms with Crippen molar-refractivity contribution < 1.29 is 9.13 Å². The van der Waals surface area contributed by atoms with E-state index in [9.17, 15) is 4.39 Å². The minimum Gasteiger partial charge on any atom is -0.487 e. The second-order valence-electron chi connectivity index (χ2n) is 6.44. The number of halogens is 1. The van der Waals surface area contributed by atoms with Gasteiger partial charge >= 0.3 is 0 Å². The second-order valence-corrected chi connectivity index (χ2v) is 7.33. The summed E-state index contributed by atoms with van der Waals surface area (Å²) in [4.78, 5) is 4.71. The third kappa shape index (κ3) is 5.31. The van der Waals surface area contributed by atoms with Gasteiger partial charge in [0.15, 0.2) is 0 Å². The Hall–Kier alpha value is -1.42. The smallest absolute Gasteiger partial charge is 0.131 e. The maximum absolute atomic E-state index is 13.1. The van der Waals surface area contributed by atoms with Crippen LogP contribution in [0.2, 0.25) is 0 Å². The second kappa shape index (κ2) is 8.44. The highest BCUT2D eigenvalue weighted by Gasteiger charge is 2.19. The largest absolute Gasteiger partial charge is 0.487 e. The molecule has 0 spiro atoms. The van der Waals surface area contributed by atoms with Crippen LogP contribution < -0.4 is 0 Å². The fourth-order valence-electron chi connectivity index (χ4n) is 2.73. The van der Waals surface area contributed by atoms with Gasteiger partial charge in [0, 0.05) is 17.4 Å². The van der Waals surface area contributed by atoms with Crippen LogP contribution in [0.15, 0.2) is 41.8 Å². The normalized spacial score (nSPS) is 16.6.